The van der Waals surface area contributed by atoms with Gasteiger partial charge in [0.1, 0.15) is 6.54 Å². The molecule has 0 radical (unpaired) electrons. The van der Waals surface area contributed by atoms with E-state index in [0.29, 0.717) is 5.82 Å². The van der Waals surface area contributed by atoms with E-state index < -0.39 is 0 Å². The van der Waals surface area contributed by atoms with Gasteiger partial charge in [-0.2, -0.15) is 0 Å². The number of rotatable bonds is 5. The van der Waals surface area contributed by atoms with Gasteiger partial charge in [0.2, 0.25) is 11.8 Å². The molecule has 0 saturated heterocycles. The van der Waals surface area contributed by atoms with E-state index >= 15 is 0 Å². The Morgan fingerprint density at radius 1 is 1.27 bits per heavy atom. The molecule has 1 aromatic carbocycles. The summed E-state index contributed by atoms with van der Waals surface area (Å²) in [5.41, 5.74) is 2.64. The van der Waals surface area contributed by atoms with E-state index in [1.165, 1.54) is 4.68 Å². The van der Waals surface area contributed by atoms with Crippen molar-refractivity contribution in [3.05, 3.63) is 36.2 Å². The zero-order valence-electron chi connectivity index (χ0n) is 14.5. The summed E-state index contributed by atoms with van der Waals surface area (Å²) in [5, 5.41) is 14.5. The van der Waals surface area contributed by atoms with Gasteiger partial charge in [-0.3, -0.25) is 9.59 Å². The van der Waals surface area contributed by atoms with Gasteiger partial charge in [-0.05, 0) is 25.8 Å². The van der Waals surface area contributed by atoms with Crippen LogP contribution in [0.3, 0.4) is 0 Å². The summed E-state index contributed by atoms with van der Waals surface area (Å²) in [7, 11) is 0. The number of H-pyrrole nitrogens is 1. The van der Waals surface area contributed by atoms with Gasteiger partial charge in [0.15, 0.2) is 5.82 Å². The highest BCUT2D eigenvalue weighted by Crippen LogP contribution is 2.28. The zero-order chi connectivity index (χ0) is 18.1. The third kappa shape index (κ3) is 3.17. The number of anilines is 2. The van der Waals surface area contributed by atoms with E-state index in [2.05, 4.69) is 25.9 Å². The predicted molar refractivity (Wildman–Crippen MR) is 97.7 cm³/mol. The van der Waals surface area contributed by atoms with Crippen LogP contribution in [0.25, 0.3) is 10.9 Å². The standard InChI is InChI=1S/C18H20N6O2/c1-11-17(13-7-2-3-8-14(13)19-11)21-16(25)10-24-9-15(22-23-24)20-18(26)12-5-4-6-12/h2-3,7-9,12,19H,4-6,10H2,1H3,(H,20,26)(H,21,25). The van der Waals surface area contributed by atoms with E-state index in [0.717, 1.165) is 41.5 Å². The van der Waals surface area contributed by atoms with Crippen LogP contribution in [-0.4, -0.2) is 31.8 Å². The number of fused-ring (bicyclic) bond motifs is 1. The Kier molecular flexibility index (Phi) is 4.16. The normalized spacial score (nSPS) is 14.2. The second kappa shape index (κ2) is 6.62. The van der Waals surface area contributed by atoms with Crippen LogP contribution in [0.2, 0.25) is 0 Å². The van der Waals surface area contributed by atoms with Crippen molar-refractivity contribution in [2.45, 2.75) is 32.7 Å². The number of aromatic amines is 1. The maximum atomic E-state index is 12.4. The molecule has 2 aromatic heterocycles. The number of carbonyl (C=O) groups excluding carboxylic acids is 2. The first-order valence-corrected chi connectivity index (χ1v) is 8.68. The molecule has 0 spiro atoms. The SMILES string of the molecule is Cc1[nH]c2ccccc2c1NC(=O)Cn1cc(NC(=O)C2CCC2)nn1. The molecule has 1 aliphatic rings. The van der Waals surface area contributed by atoms with Gasteiger partial charge in [0.25, 0.3) is 0 Å². The lowest BCUT2D eigenvalue weighted by Gasteiger charge is -2.23. The number of nitrogens with one attached hydrogen (secondary N) is 3. The average molecular weight is 352 g/mol. The van der Waals surface area contributed by atoms with Crippen molar-refractivity contribution < 1.29 is 9.59 Å². The summed E-state index contributed by atoms with van der Waals surface area (Å²) in [6.45, 7) is 1.93. The Bertz CT molecular complexity index is 969. The molecule has 134 valence electrons. The van der Waals surface area contributed by atoms with Crippen molar-refractivity contribution in [2.75, 3.05) is 10.6 Å². The Hall–Kier alpha value is -3.16. The molecular weight excluding hydrogens is 332 g/mol. The number of para-hydroxylation sites is 1. The maximum absolute atomic E-state index is 12.4. The van der Waals surface area contributed by atoms with Crippen molar-refractivity contribution in [3.63, 3.8) is 0 Å². The fourth-order valence-corrected chi connectivity index (χ4v) is 3.10. The molecule has 3 N–H and O–H groups in total. The molecule has 1 fully saturated rings. The van der Waals surface area contributed by atoms with Gasteiger partial charge < -0.3 is 15.6 Å². The number of benzene rings is 1. The number of aryl methyl sites for hydroxylation is 1. The molecule has 0 bridgehead atoms. The van der Waals surface area contributed by atoms with Gasteiger partial charge in [-0.25, -0.2) is 4.68 Å². The van der Waals surface area contributed by atoms with Crippen LogP contribution in [0.5, 0.6) is 0 Å². The minimum Gasteiger partial charge on any atom is -0.357 e. The van der Waals surface area contributed by atoms with Crippen LogP contribution in [-0.2, 0) is 16.1 Å². The summed E-state index contributed by atoms with van der Waals surface area (Å²) >= 11 is 0. The van der Waals surface area contributed by atoms with E-state index in [-0.39, 0.29) is 24.3 Å². The Morgan fingerprint density at radius 3 is 2.85 bits per heavy atom. The molecule has 1 saturated carbocycles. The van der Waals surface area contributed by atoms with Crippen molar-refractivity contribution in [2.24, 2.45) is 5.92 Å². The highest BCUT2D eigenvalue weighted by atomic mass is 16.2. The zero-order valence-corrected chi connectivity index (χ0v) is 14.5. The second-order valence-electron chi connectivity index (χ2n) is 6.64. The van der Waals surface area contributed by atoms with Crippen LogP contribution in [0.1, 0.15) is 25.0 Å². The second-order valence-corrected chi connectivity index (χ2v) is 6.64. The van der Waals surface area contributed by atoms with Gasteiger partial charge >= 0.3 is 0 Å². The highest BCUT2D eigenvalue weighted by Gasteiger charge is 2.25. The van der Waals surface area contributed by atoms with Crippen molar-refractivity contribution in [1.29, 1.82) is 0 Å². The molecule has 1 aliphatic carbocycles. The van der Waals surface area contributed by atoms with E-state index in [1.54, 1.807) is 6.20 Å². The molecule has 2 heterocycles. The number of carbonyl (C=O) groups is 2. The molecule has 0 atom stereocenters. The smallest absolute Gasteiger partial charge is 0.246 e. The van der Waals surface area contributed by atoms with Crippen molar-refractivity contribution >= 4 is 34.2 Å². The molecule has 8 nitrogen and oxygen atoms in total. The fourth-order valence-electron chi connectivity index (χ4n) is 3.10. The highest BCUT2D eigenvalue weighted by molar-refractivity contribution is 6.03. The number of hydrogen-bond acceptors (Lipinski definition) is 4. The summed E-state index contributed by atoms with van der Waals surface area (Å²) < 4.78 is 1.41. The maximum Gasteiger partial charge on any atom is 0.246 e. The summed E-state index contributed by atoms with van der Waals surface area (Å²) in [4.78, 5) is 27.5. The van der Waals surface area contributed by atoms with Gasteiger partial charge in [-0.15, -0.1) is 5.10 Å². The fraction of sp³-hybridized carbons (Fsp3) is 0.333. The van der Waals surface area contributed by atoms with Gasteiger partial charge in [0, 0.05) is 22.5 Å². The van der Waals surface area contributed by atoms with Crippen LogP contribution >= 0.6 is 0 Å². The van der Waals surface area contributed by atoms with Gasteiger partial charge in [0.05, 0.1) is 11.9 Å². The Morgan fingerprint density at radius 2 is 2.08 bits per heavy atom. The van der Waals surface area contributed by atoms with Gasteiger partial charge in [-0.1, -0.05) is 29.8 Å². The minimum atomic E-state index is -0.209. The van der Waals surface area contributed by atoms with E-state index in [4.69, 9.17) is 0 Å². The van der Waals surface area contributed by atoms with E-state index in [1.807, 2.05) is 31.2 Å². The van der Waals surface area contributed by atoms with Crippen molar-refractivity contribution in [3.8, 4) is 0 Å². The molecule has 3 aromatic rings. The lowest BCUT2D eigenvalue weighted by atomic mass is 9.85. The molecular formula is C18H20N6O2. The number of amides is 2. The molecule has 4 rings (SSSR count). The lowest BCUT2D eigenvalue weighted by molar-refractivity contribution is -0.122. The first kappa shape index (κ1) is 16.3. The largest absolute Gasteiger partial charge is 0.357 e. The predicted octanol–water partition coefficient (Wildman–Crippen LogP) is 2.45. The van der Waals surface area contributed by atoms with Crippen LogP contribution in [0.4, 0.5) is 11.5 Å². The third-order valence-corrected chi connectivity index (χ3v) is 4.73. The minimum absolute atomic E-state index is 0.0191. The number of nitrogens with zero attached hydrogens (tertiary/aromatic N) is 3. The molecule has 2 amide bonds. The molecule has 8 heteroatoms. The average Bonchev–Trinajstić information content (AvgIpc) is 3.10. The molecule has 0 unspecified atom stereocenters. The first-order valence-electron chi connectivity index (χ1n) is 8.68. The van der Waals surface area contributed by atoms with Crippen LogP contribution < -0.4 is 10.6 Å². The molecule has 26 heavy (non-hydrogen) atoms. The van der Waals surface area contributed by atoms with Crippen LogP contribution in [0.15, 0.2) is 30.5 Å². The Labute approximate surface area is 150 Å². The Balaban J connectivity index is 1.40. The summed E-state index contributed by atoms with van der Waals surface area (Å²) in [6, 6.07) is 7.79. The third-order valence-electron chi connectivity index (χ3n) is 4.73. The van der Waals surface area contributed by atoms with E-state index in [9.17, 15) is 9.59 Å². The monoisotopic (exact) mass is 352 g/mol. The molecule has 0 aliphatic heterocycles. The first-order chi connectivity index (χ1) is 12.6. The number of aromatic nitrogens is 4. The van der Waals surface area contributed by atoms with Crippen LogP contribution in [0, 0.1) is 12.8 Å². The topological polar surface area (TPSA) is 105 Å². The lowest BCUT2D eigenvalue weighted by Crippen LogP contribution is -2.28. The summed E-state index contributed by atoms with van der Waals surface area (Å²) in [5.74, 6) is 0.216. The quantitative estimate of drug-likeness (QED) is 0.656. The summed E-state index contributed by atoms with van der Waals surface area (Å²) in [6.07, 6.45) is 4.51. The number of hydrogen-bond donors (Lipinski definition) is 3. The van der Waals surface area contributed by atoms with Crippen molar-refractivity contribution in [1.82, 2.24) is 20.0 Å².